The molecule has 0 unspecified atom stereocenters. The maximum absolute atomic E-state index is 11.7. The maximum Gasteiger partial charge on any atom is 0.251 e. The van der Waals surface area contributed by atoms with Gasteiger partial charge in [-0.25, -0.2) is 0 Å². The fraction of sp³-hybridized carbons (Fsp3) is 0.0714. The van der Waals surface area contributed by atoms with Gasteiger partial charge in [0.2, 0.25) is 0 Å². The molecule has 0 aliphatic carbocycles. The van der Waals surface area contributed by atoms with Gasteiger partial charge in [0.05, 0.1) is 5.71 Å². The molecular formula is C14H13N3O. The Balaban J connectivity index is 2.46. The zero-order valence-electron chi connectivity index (χ0n) is 9.97. The van der Waals surface area contributed by atoms with Gasteiger partial charge in [0.25, 0.3) is 5.91 Å². The summed E-state index contributed by atoms with van der Waals surface area (Å²) in [6.07, 6.45) is 3.27. The van der Waals surface area contributed by atoms with E-state index in [2.05, 4.69) is 10.3 Å². The molecule has 0 aliphatic rings. The van der Waals surface area contributed by atoms with E-state index in [0.717, 1.165) is 0 Å². The molecular weight excluding hydrogens is 226 g/mol. The second kappa shape index (κ2) is 5.23. The van der Waals surface area contributed by atoms with Gasteiger partial charge in [-0.3, -0.25) is 15.2 Å². The molecule has 1 aromatic heterocycles. The molecule has 0 radical (unpaired) electrons. The summed E-state index contributed by atoms with van der Waals surface area (Å²) >= 11 is 0. The first-order valence-electron chi connectivity index (χ1n) is 5.54. The van der Waals surface area contributed by atoms with Gasteiger partial charge in [0.15, 0.2) is 0 Å². The summed E-state index contributed by atoms with van der Waals surface area (Å²) in [5.74, 6) is -0.195. The number of amides is 1. The number of carbonyl (C=O) groups is 1. The third-order valence-corrected chi connectivity index (χ3v) is 2.62. The SMILES string of the molecule is CNC(=O)c1ccccc1C(=N)c1cccnc1. The van der Waals surface area contributed by atoms with Crippen LogP contribution in [0.15, 0.2) is 48.8 Å². The van der Waals surface area contributed by atoms with E-state index >= 15 is 0 Å². The molecule has 90 valence electrons. The van der Waals surface area contributed by atoms with Crippen molar-refractivity contribution in [3.05, 3.63) is 65.5 Å². The van der Waals surface area contributed by atoms with Crippen molar-refractivity contribution in [1.82, 2.24) is 10.3 Å². The molecule has 0 bridgehead atoms. The van der Waals surface area contributed by atoms with Crippen LogP contribution >= 0.6 is 0 Å². The highest BCUT2D eigenvalue weighted by molar-refractivity contribution is 6.16. The Bertz CT molecular complexity index is 579. The summed E-state index contributed by atoms with van der Waals surface area (Å²) in [7, 11) is 1.58. The van der Waals surface area contributed by atoms with Crippen LogP contribution < -0.4 is 5.32 Å². The van der Waals surface area contributed by atoms with Gasteiger partial charge in [0.1, 0.15) is 0 Å². The minimum Gasteiger partial charge on any atom is -0.355 e. The average Bonchev–Trinajstić information content (AvgIpc) is 2.46. The molecule has 0 aliphatic heterocycles. The molecule has 1 heterocycles. The van der Waals surface area contributed by atoms with Gasteiger partial charge >= 0.3 is 0 Å². The first-order valence-corrected chi connectivity index (χ1v) is 5.54. The van der Waals surface area contributed by atoms with Crippen LogP contribution in [0, 0.1) is 5.41 Å². The van der Waals surface area contributed by atoms with Crippen LogP contribution in [0.1, 0.15) is 21.5 Å². The molecule has 0 saturated carbocycles. The Morgan fingerprint density at radius 3 is 2.50 bits per heavy atom. The molecule has 2 N–H and O–H groups in total. The molecule has 0 saturated heterocycles. The van der Waals surface area contributed by atoms with Crippen molar-refractivity contribution >= 4 is 11.6 Å². The van der Waals surface area contributed by atoms with Crippen molar-refractivity contribution < 1.29 is 4.79 Å². The monoisotopic (exact) mass is 239 g/mol. The van der Waals surface area contributed by atoms with Crippen molar-refractivity contribution in [2.75, 3.05) is 7.05 Å². The normalized spacial score (nSPS) is 9.83. The van der Waals surface area contributed by atoms with Gasteiger partial charge in [-0.15, -0.1) is 0 Å². The second-order valence-corrected chi connectivity index (χ2v) is 3.74. The van der Waals surface area contributed by atoms with Crippen molar-refractivity contribution in [2.45, 2.75) is 0 Å². The van der Waals surface area contributed by atoms with Crippen LogP contribution in [0.5, 0.6) is 0 Å². The molecule has 0 atom stereocenters. The van der Waals surface area contributed by atoms with Crippen molar-refractivity contribution in [1.29, 1.82) is 5.41 Å². The fourth-order valence-corrected chi connectivity index (χ4v) is 1.70. The first kappa shape index (κ1) is 12.0. The van der Waals surface area contributed by atoms with Crippen LogP contribution in [0.4, 0.5) is 0 Å². The predicted octanol–water partition coefficient (Wildman–Crippen LogP) is 1.86. The van der Waals surface area contributed by atoms with Gasteiger partial charge in [-0.05, 0) is 18.2 Å². The van der Waals surface area contributed by atoms with E-state index < -0.39 is 0 Å². The van der Waals surface area contributed by atoms with E-state index in [1.807, 2.05) is 6.07 Å². The van der Waals surface area contributed by atoms with Gasteiger partial charge in [0, 0.05) is 36.1 Å². The van der Waals surface area contributed by atoms with E-state index in [9.17, 15) is 4.79 Å². The Labute approximate surface area is 105 Å². The Morgan fingerprint density at radius 1 is 1.17 bits per heavy atom. The molecule has 18 heavy (non-hydrogen) atoms. The van der Waals surface area contributed by atoms with Crippen molar-refractivity contribution in [3.8, 4) is 0 Å². The average molecular weight is 239 g/mol. The predicted molar refractivity (Wildman–Crippen MR) is 70.0 cm³/mol. The van der Waals surface area contributed by atoms with E-state index in [-0.39, 0.29) is 5.91 Å². The maximum atomic E-state index is 11.7. The van der Waals surface area contributed by atoms with Crippen LogP contribution in [0.3, 0.4) is 0 Å². The van der Waals surface area contributed by atoms with E-state index in [1.54, 1.807) is 49.8 Å². The largest absolute Gasteiger partial charge is 0.355 e. The minimum absolute atomic E-state index is 0.195. The van der Waals surface area contributed by atoms with Gasteiger partial charge in [-0.1, -0.05) is 18.2 Å². The van der Waals surface area contributed by atoms with E-state index in [0.29, 0.717) is 22.4 Å². The number of hydrogen-bond donors (Lipinski definition) is 2. The highest BCUT2D eigenvalue weighted by Crippen LogP contribution is 2.13. The molecule has 2 aromatic rings. The first-order chi connectivity index (χ1) is 8.74. The van der Waals surface area contributed by atoms with E-state index in [1.165, 1.54) is 0 Å². The summed E-state index contributed by atoms with van der Waals surface area (Å²) in [6, 6.07) is 10.6. The molecule has 4 nitrogen and oxygen atoms in total. The minimum atomic E-state index is -0.195. The lowest BCUT2D eigenvalue weighted by atomic mass is 9.98. The second-order valence-electron chi connectivity index (χ2n) is 3.74. The topological polar surface area (TPSA) is 65.8 Å². The Kier molecular flexibility index (Phi) is 3.48. The molecule has 1 amide bonds. The molecule has 1 aromatic carbocycles. The van der Waals surface area contributed by atoms with Crippen molar-refractivity contribution in [3.63, 3.8) is 0 Å². The Morgan fingerprint density at radius 2 is 1.89 bits per heavy atom. The Hall–Kier alpha value is -2.49. The summed E-state index contributed by atoms with van der Waals surface area (Å²) in [6.45, 7) is 0. The van der Waals surface area contributed by atoms with Crippen LogP contribution in [-0.2, 0) is 0 Å². The zero-order valence-corrected chi connectivity index (χ0v) is 9.97. The number of aromatic nitrogens is 1. The fourth-order valence-electron chi connectivity index (χ4n) is 1.70. The molecule has 0 fully saturated rings. The summed E-state index contributed by atoms with van der Waals surface area (Å²) in [4.78, 5) is 15.7. The lowest BCUT2D eigenvalue weighted by molar-refractivity contribution is 0.0963. The molecule has 0 spiro atoms. The van der Waals surface area contributed by atoms with Gasteiger partial charge in [-0.2, -0.15) is 0 Å². The van der Waals surface area contributed by atoms with Crippen LogP contribution in [0.2, 0.25) is 0 Å². The number of hydrogen-bond acceptors (Lipinski definition) is 3. The summed E-state index contributed by atoms with van der Waals surface area (Å²) in [5.41, 5.74) is 2.08. The smallest absolute Gasteiger partial charge is 0.251 e. The molecule has 4 heteroatoms. The quantitative estimate of drug-likeness (QED) is 0.803. The third-order valence-electron chi connectivity index (χ3n) is 2.62. The highest BCUT2D eigenvalue weighted by Gasteiger charge is 2.13. The number of rotatable bonds is 3. The van der Waals surface area contributed by atoms with Crippen molar-refractivity contribution in [2.24, 2.45) is 0 Å². The standard InChI is InChI=1S/C14H13N3O/c1-16-14(18)12-7-3-2-6-11(12)13(15)10-5-4-8-17-9-10/h2-9,15H,1H3,(H,16,18). The summed E-state index contributed by atoms with van der Waals surface area (Å²) < 4.78 is 0. The number of nitrogens with one attached hydrogen (secondary N) is 2. The van der Waals surface area contributed by atoms with Gasteiger partial charge < -0.3 is 5.32 Å². The lowest BCUT2D eigenvalue weighted by Gasteiger charge is -2.09. The number of benzene rings is 1. The number of carbonyl (C=O) groups excluding carboxylic acids is 1. The lowest BCUT2D eigenvalue weighted by Crippen LogP contribution is -2.21. The third kappa shape index (κ3) is 2.27. The molecule has 2 rings (SSSR count). The highest BCUT2D eigenvalue weighted by atomic mass is 16.1. The number of pyridine rings is 1. The number of nitrogens with zero attached hydrogens (tertiary/aromatic N) is 1. The van der Waals surface area contributed by atoms with Crippen LogP contribution in [0.25, 0.3) is 0 Å². The van der Waals surface area contributed by atoms with Crippen LogP contribution in [-0.4, -0.2) is 23.7 Å². The van der Waals surface area contributed by atoms with E-state index in [4.69, 9.17) is 5.41 Å². The zero-order chi connectivity index (χ0) is 13.0. The summed E-state index contributed by atoms with van der Waals surface area (Å²) in [5, 5.41) is 10.7.